The molecule has 0 aliphatic heterocycles. The first kappa shape index (κ1) is 35.8. The van der Waals surface area contributed by atoms with Gasteiger partial charge in [-0.15, -0.1) is 0 Å². The van der Waals surface area contributed by atoms with Gasteiger partial charge in [0.05, 0.1) is 0 Å². The molecule has 0 nitrogen and oxygen atoms in total. The third-order valence-corrected chi connectivity index (χ3v) is 13.0. The topological polar surface area (TPSA) is 0 Å². The Morgan fingerprint density at radius 2 is 0.618 bits per heavy atom. The predicted octanol–water partition coefficient (Wildman–Crippen LogP) is 14.3. The molecule has 0 bridgehead atoms. The largest absolute Gasteiger partial charge is 0.402 e. The summed E-state index contributed by atoms with van der Waals surface area (Å²) in [5.41, 5.74) is -3.47. The molecule has 6 aromatic carbocycles. The summed E-state index contributed by atoms with van der Waals surface area (Å²) in [6, 6.07) is 29.5. The van der Waals surface area contributed by atoms with Gasteiger partial charge >= 0.3 is 18.5 Å². The average Bonchev–Trinajstić information content (AvgIpc) is 3.67. The lowest BCUT2D eigenvalue weighted by Gasteiger charge is -2.31. The lowest BCUT2D eigenvalue weighted by atomic mass is 9.77. The van der Waals surface area contributed by atoms with E-state index >= 15 is 13.2 Å². The number of halogens is 10. The predicted molar refractivity (Wildman–Crippen MR) is 199 cm³/mol. The summed E-state index contributed by atoms with van der Waals surface area (Å²) in [4.78, 5) is 0. The van der Waals surface area contributed by atoms with Crippen molar-refractivity contribution in [2.75, 3.05) is 0 Å². The fraction of sp³-hybridized carbons (Fsp3) is 0.200. The van der Waals surface area contributed by atoms with E-state index < -0.39 is 34.8 Å². The van der Waals surface area contributed by atoms with Crippen molar-refractivity contribution in [3.63, 3.8) is 0 Å². The maximum atomic E-state index is 15.5. The zero-order valence-corrected chi connectivity index (χ0v) is 30.8. The molecule has 6 aromatic rings. The number of hydrogen-bond acceptors (Lipinski definition) is 0. The molecule has 278 valence electrons. The Morgan fingerprint density at radius 1 is 0.345 bits per heavy atom. The Morgan fingerprint density at radius 3 is 0.964 bits per heavy atom. The Labute approximate surface area is 318 Å². The minimum Gasteiger partial charge on any atom is -0.170 e. The van der Waals surface area contributed by atoms with Crippen molar-refractivity contribution in [3.8, 4) is 55.6 Å². The molecule has 3 aliphatic carbocycles. The van der Waals surface area contributed by atoms with E-state index in [-0.39, 0.29) is 33.4 Å². The number of alkyl halides is 9. The summed E-state index contributed by atoms with van der Waals surface area (Å²) in [6.07, 6.45) is -14.1. The van der Waals surface area contributed by atoms with E-state index in [1.165, 1.54) is 36.4 Å². The van der Waals surface area contributed by atoms with Crippen LogP contribution in [0.1, 0.15) is 54.2 Å². The lowest BCUT2D eigenvalue weighted by molar-refractivity contribution is -0.172. The molecule has 0 spiro atoms. The number of benzene rings is 6. The smallest absolute Gasteiger partial charge is 0.170 e. The average molecular weight is 820 g/mol. The Hall–Kier alpha value is -4.83. The van der Waals surface area contributed by atoms with E-state index in [4.69, 9.17) is 0 Å². The lowest BCUT2D eigenvalue weighted by Crippen LogP contribution is -2.39. The van der Waals surface area contributed by atoms with Crippen molar-refractivity contribution in [2.45, 2.75) is 55.5 Å². The van der Waals surface area contributed by atoms with Gasteiger partial charge < -0.3 is 0 Å². The van der Waals surface area contributed by atoms with E-state index in [9.17, 15) is 26.3 Å². The highest BCUT2D eigenvalue weighted by molar-refractivity contribution is 9.10. The molecule has 3 unspecified atom stereocenters. The molecular formula is C45H28BrF9. The SMILES string of the molecule is CC1(C(F)(F)F)c2ccccc2-c2ccc(-c3ccc4c(c3)C(C)(C(F)(F)F)c3cc(-c5ccc6c(c5)C(C)(C(F)(F)F)c5cc(Br)ccc5-6)ccc3-4)cc21. The van der Waals surface area contributed by atoms with Gasteiger partial charge in [0.2, 0.25) is 0 Å². The number of hydrogen-bond donors (Lipinski definition) is 0. The normalized spacial score (nSPS) is 22.1. The Balaban J connectivity index is 1.16. The first-order chi connectivity index (χ1) is 25.7. The third-order valence-electron chi connectivity index (χ3n) is 12.5. The molecule has 9 rings (SSSR count). The van der Waals surface area contributed by atoms with E-state index in [2.05, 4.69) is 15.9 Å². The highest BCUT2D eigenvalue weighted by Gasteiger charge is 2.60. The second-order valence-corrected chi connectivity index (χ2v) is 16.1. The molecule has 0 heterocycles. The highest BCUT2D eigenvalue weighted by atomic mass is 79.9. The summed E-state index contributed by atoms with van der Waals surface area (Å²) in [5, 5.41) is 0. The van der Waals surface area contributed by atoms with Gasteiger partial charge in [0.15, 0.2) is 0 Å². The van der Waals surface area contributed by atoms with Crippen LogP contribution in [0.3, 0.4) is 0 Å². The molecule has 3 aliphatic rings. The summed E-state index contributed by atoms with van der Waals surface area (Å²) in [7, 11) is 0. The van der Waals surface area contributed by atoms with Gasteiger partial charge in [0.25, 0.3) is 0 Å². The monoisotopic (exact) mass is 818 g/mol. The van der Waals surface area contributed by atoms with Gasteiger partial charge in [-0.1, -0.05) is 94.8 Å². The van der Waals surface area contributed by atoms with Crippen molar-refractivity contribution >= 4 is 15.9 Å². The maximum Gasteiger partial charge on any atom is 0.402 e. The number of fused-ring (bicyclic) bond motifs is 9. The molecule has 0 saturated carbocycles. The summed E-state index contributed by atoms with van der Waals surface area (Å²) < 4.78 is 136. The van der Waals surface area contributed by atoms with Crippen molar-refractivity contribution in [1.82, 2.24) is 0 Å². The van der Waals surface area contributed by atoms with Crippen molar-refractivity contribution < 1.29 is 39.5 Å². The van der Waals surface area contributed by atoms with Crippen LogP contribution in [-0.2, 0) is 16.2 Å². The second kappa shape index (κ2) is 11.1. The van der Waals surface area contributed by atoms with Gasteiger partial charge in [-0.05, 0) is 146 Å². The van der Waals surface area contributed by atoms with Crippen LogP contribution in [-0.4, -0.2) is 18.5 Å². The van der Waals surface area contributed by atoms with Crippen LogP contribution in [0.5, 0.6) is 0 Å². The standard InChI is InChI=1S/C45H28BrF9/c1-40(43(47,48)49)34-7-5-4-6-28(34)29-13-8-23(18-35(29)40)24-9-14-30-31-15-10-25(20-37(31)41(2,36(30)19-24)44(50,51)52)26-11-16-32-33-17-12-27(46)22-39(33)42(3,38(32)21-26)45(53,54)55/h4-22H,1-3H3. The van der Waals surface area contributed by atoms with Crippen LogP contribution in [0.25, 0.3) is 55.6 Å². The third kappa shape index (κ3) is 4.60. The molecule has 0 aromatic heterocycles. The molecule has 3 atom stereocenters. The zero-order valence-electron chi connectivity index (χ0n) is 29.2. The zero-order chi connectivity index (χ0) is 39.2. The molecule has 55 heavy (non-hydrogen) atoms. The van der Waals surface area contributed by atoms with E-state index in [1.807, 2.05) is 0 Å². The van der Waals surface area contributed by atoms with Gasteiger partial charge in [-0.25, -0.2) is 0 Å². The molecular weight excluding hydrogens is 791 g/mol. The highest BCUT2D eigenvalue weighted by Crippen LogP contribution is 2.61. The quantitative estimate of drug-likeness (QED) is 0.153. The molecule has 0 N–H and O–H groups in total. The molecule has 0 amide bonds. The van der Waals surface area contributed by atoms with Gasteiger partial charge in [0.1, 0.15) is 16.2 Å². The van der Waals surface area contributed by atoms with Crippen LogP contribution in [0.15, 0.2) is 120 Å². The van der Waals surface area contributed by atoms with Crippen molar-refractivity contribution in [3.05, 3.63) is 153 Å². The summed E-state index contributed by atoms with van der Waals surface area (Å²) in [6.45, 7) is 3.32. The van der Waals surface area contributed by atoms with Crippen molar-refractivity contribution in [2.24, 2.45) is 0 Å². The maximum absolute atomic E-state index is 15.5. The van der Waals surface area contributed by atoms with E-state index in [1.54, 1.807) is 78.9 Å². The molecule has 0 radical (unpaired) electrons. The van der Waals surface area contributed by atoms with E-state index in [0.29, 0.717) is 60.1 Å². The fourth-order valence-corrected chi connectivity index (χ4v) is 9.52. The molecule has 0 fully saturated rings. The number of rotatable bonds is 2. The Bertz CT molecular complexity index is 2630. The second-order valence-electron chi connectivity index (χ2n) is 15.1. The van der Waals surface area contributed by atoms with Gasteiger partial charge in [-0.2, -0.15) is 39.5 Å². The van der Waals surface area contributed by atoms with Crippen LogP contribution in [0, 0.1) is 0 Å². The fourth-order valence-electron chi connectivity index (χ4n) is 9.16. The van der Waals surface area contributed by atoms with Gasteiger partial charge in [0, 0.05) is 4.47 Å². The summed E-state index contributed by atoms with van der Waals surface area (Å²) in [5.74, 6) is 0. The first-order valence-corrected chi connectivity index (χ1v) is 18.2. The van der Waals surface area contributed by atoms with Crippen LogP contribution in [0.4, 0.5) is 39.5 Å². The van der Waals surface area contributed by atoms with Crippen molar-refractivity contribution in [1.29, 1.82) is 0 Å². The minimum atomic E-state index is -4.82. The van der Waals surface area contributed by atoms with Gasteiger partial charge in [-0.3, -0.25) is 0 Å². The Kier molecular flexibility index (Phi) is 7.26. The molecule has 10 heteroatoms. The summed E-state index contributed by atoms with van der Waals surface area (Å²) >= 11 is 3.29. The van der Waals surface area contributed by atoms with E-state index in [0.717, 1.165) is 20.8 Å². The minimum absolute atomic E-state index is 0.0108. The van der Waals surface area contributed by atoms with Crippen LogP contribution >= 0.6 is 15.9 Å². The molecule has 0 saturated heterocycles. The first-order valence-electron chi connectivity index (χ1n) is 17.4. The van der Waals surface area contributed by atoms with Crippen LogP contribution in [0.2, 0.25) is 0 Å². The van der Waals surface area contributed by atoms with Crippen LogP contribution < -0.4 is 0 Å².